The van der Waals surface area contributed by atoms with Gasteiger partial charge in [0.05, 0.1) is 22.3 Å². The van der Waals surface area contributed by atoms with Crippen molar-refractivity contribution < 1.29 is 4.92 Å². The van der Waals surface area contributed by atoms with Gasteiger partial charge in [0.15, 0.2) is 0 Å². The summed E-state index contributed by atoms with van der Waals surface area (Å²) in [5, 5.41) is 16.9. The van der Waals surface area contributed by atoms with Gasteiger partial charge in [-0.05, 0) is 17.7 Å². The second-order valence-electron chi connectivity index (χ2n) is 4.32. The number of nitrogens with one attached hydrogen (secondary N) is 1. The van der Waals surface area contributed by atoms with Gasteiger partial charge in [0.25, 0.3) is 0 Å². The van der Waals surface area contributed by atoms with Crippen molar-refractivity contribution in [3.05, 3.63) is 63.7 Å². The average molecular weight is 285 g/mol. The van der Waals surface area contributed by atoms with E-state index in [1.165, 1.54) is 0 Å². The van der Waals surface area contributed by atoms with Crippen molar-refractivity contribution in [1.82, 2.24) is 4.98 Å². The molecule has 0 fully saturated rings. The molecule has 0 atom stereocenters. The molecule has 3 aromatic rings. The fourth-order valence-corrected chi connectivity index (χ4v) is 2.65. The maximum Gasteiger partial charge on any atom is 0.324 e. The summed E-state index contributed by atoms with van der Waals surface area (Å²) in [5.74, 6) is 0. The van der Waals surface area contributed by atoms with Crippen LogP contribution in [-0.4, -0.2) is 9.91 Å². The number of para-hydroxylation sites is 1. The van der Waals surface area contributed by atoms with E-state index in [-0.39, 0.29) is 9.92 Å². The van der Waals surface area contributed by atoms with Crippen LogP contribution in [0.2, 0.25) is 0 Å². The molecule has 1 N–H and O–H groups in total. The number of nitro groups is 1. The van der Waals surface area contributed by atoms with Crippen molar-refractivity contribution in [2.45, 2.75) is 6.54 Å². The Balaban J connectivity index is 1.74. The van der Waals surface area contributed by atoms with Gasteiger partial charge in [-0.2, -0.15) is 0 Å². The highest BCUT2D eigenvalue weighted by Gasteiger charge is 2.09. The molecule has 0 saturated heterocycles. The average Bonchev–Trinajstić information content (AvgIpc) is 2.94. The van der Waals surface area contributed by atoms with E-state index in [0.717, 1.165) is 33.5 Å². The molecule has 5 nitrogen and oxygen atoms in total. The molecule has 0 aliphatic rings. The molecule has 3 rings (SSSR count). The third-order valence-electron chi connectivity index (χ3n) is 2.91. The van der Waals surface area contributed by atoms with Crippen molar-refractivity contribution in [2.75, 3.05) is 5.32 Å². The Morgan fingerprint density at radius 3 is 2.95 bits per heavy atom. The SMILES string of the molecule is O=[N+]([O-])c1cc(CNc2cnc3ccccc3c2)cs1. The minimum atomic E-state index is -0.369. The molecule has 6 heteroatoms. The largest absolute Gasteiger partial charge is 0.380 e. The van der Waals surface area contributed by atoms with Crippen LogP contribution in [0.3, 0.4) is 0 Å². The maximum absolute atomic E-state index is 10.6. The second kappa shape index (κ2) is 5.26. The first-order valence-electron chi connectivity index (χ1n) is 6.03. The number of anilines is 1. The first-order valence-corrected chi connectivity index (χ1v) is 6.91. The van der Waals surface area contributed by atoms with E-state index in [1.54, 1.807) is 17.6 Å². The van der Waals surface area contributed by atoms with Gasteiger partial charge in [-0.25, -0.2) is 0 Å². The summed E-state index contributed by atoms with van der Waals surface area (Å²) >= 11 is 1.14. The maximum atomic E-state index is 10.6. The highest BCUT2D eigenvalue weighted by atomic mass is 32.1. The number of benzene rings is 1. The third-order valence-corrected chi connectivity index (χ3v) is 3.84. The molecule has 0 aliphatic heterocycles. The normalized spacial score (nSPS) is 10.6. The molecule has 0 radical (unpaired) electrons. The number of hydrogen-bond donors (Lipinski definition) is 1. The number of rotatable bonds is 4. The van der Waals surface area contributed by atoms with Gasteiger partial charge in [0, 0.05) is 23.4 Å². The molecule has 0 amide bonds. The van der Waals surface area contributed by atoms with Gasteiger partial charge in [-0.1, -0.05) is 29.5 Å². The number of aromatic nitrogens is 1. The fourth-order valence-electron chi connectivity index (χ4n) is 1.92. The lowest BCUT2D eigenvalue weighted by Gasteiger charge is -2.05. The molecule has 1 aromatic carbocycles. The number of thiophene rings is 1. The van der Waals surface area contributed by atoms with E-state index >= 15 is 0 Å². The van der Waals surface area contributed by atoms with Crippen molar-refractivity contribution in [3.63, 3.8) is 0 Å². The van der Waals surface area contributed by atoms with Crippen LogP contribution in [0.1, 0.15) is 5.56 Å². The van der Waals surface area contributed by atoms with E-state index in [1.807, 2.05) is 30.3 Å². The smallest absolute Gasteiger partial charge is 0.324 e. The van der Waals surface area contributed by atoms with E-state index in [9.17, 15) is 10.1 Å². The van der Waals surface area contributed by atoms with Crippen LogP contribution in [0.25, 0.3) is 10.9 Å². The molecule has 2 heterocycles. The monoisotopic (exact) mass is 285 g/mol. The molecule has 20 heavy (non-hydrogen) atoms. The van der Waals surface area contributed by atoms with Crippen LogP contribution in [-0.2, 0) is 6.54 Å². The summed E-state index contributed by atoms with van der Waals surface area (Å²) in [4.78, 5) is 14.6. The number of pyridine rings is 1. The zero-order chi connectivity index (χ0) is 13.9. The predicted octanol–water partition coefficient (Wildman–Crippen LogP) is 3.82. The first kappa shape index (κ1) is 12.6. The van der Waals surface area contributed by atoms with Crippen LogP contribution in [0.4, 0.5) is 10.7 Å². The van der Waals surface area contributed by atoms with Gasteiger partial charge in [0.1, 0.15) is 0 Å². The zero-order valence-corrected chi connectivity index (χ0v) is 11.3. The van der Waals surface area contributed by atoms with Crippen LogP contribution >= 0.6 is 11.3 Å². The topological polar surface area (TPSA) is 68.1 Å². The molecule has 0 bridgehead atoms. The Kier molecular flexibility index (Phi) is 3.30. The Hall–Kier alpha value is -2.47. The third kappa shape index (κ3) is 2.60. The molecule has 100 valence electrons. The lowest BCUT2D eigenvalue weighted by Crippen LogP contribution is -1.98. The fraction of sp³-hybridized carbons (Fsp3) is 0.0714. The van der Waals surface area contributed by atoms with Crippen molar-refractivity contribution in [1.29, 1.82) is 0 Å². The van der Waals surface area contributed by atoms with E-state index < -0.39 is 0 Å². The van der Waals surface area contributed by atoms with E-state index in [0.29, 0.717) is 6.54 Å². The Bertz CT molecular complexity index is 770. The molecule has 0 spiro atoms. The summed E-state index contributed by atoms with van der Waals surface area (Å²) < 4.78 is 0. The van der Waals surface area contributed by atoms with E-state index in [2.05, 4.69) is 10.3 Å². The first-order chi connectivity index (χ1) is 9.72. The Morgan fingerprint density at radius 1 is 1.30 bits per heavy atom. The van der Waals surface area contributed by atoms with Crippen molar-refractivity contribution in [2.24, 2.45) is 0 Å². The van der Waals surface area contributed by atoms with Crippen molar-refractivity contribution >= 4 is 32.9 Å². The summed E-state index contributed by atoms with van der Waals surface area (Å²) in [6, 6.07) is 11.5. The molecule has 0 unspecified atom stereocenters. The Labute approximate surface area is 119 Å². The molecule has 2 aromatic heterocycles. The van der Waals surface area contributed by atoms with Crippen LogP contribution < -0.4 is 5.32 Å². The Morgan fingerprint density at radius 2 is 2.15 bits per heavy atom. The highest BCUT2D eigenvalue weighted by molar-refractivity contribution is 7.13. The van der Waals surface area contributed by atoms with Gasteiger partial charge >= 0.3 is 5.00 Å². The molecular weight excluding hydrogens is 274 g/mol. The minimum Gasteiger partial charge on any atom is -0.380 e. The summed E-state index contributed by atoms with van der Waals surface area (Å²) in [7, 11) is 0. The van der Waals surface area contributed by atoms with Crippen molar-refractivity contribution in [3.8, 4) is 0 Å². The molecule has 0 aliphatic carbocycles. The van der Waals surface area contributed by atoms with Crippen LogP contribution in [0.5, 0.6) is 0 Å². The lowest BCUT2D eigenvalue weighted by molar-refractivity contribution is -0.380. The minimum absolute atomic E-state index is 0.165. The van der Waals surface area contributed by atoms with E-state index in [4.69, 9.17) is 0 Å². The number of hydrogen-bond acceptors (Lipinski definition) is 5. The second-order valence-corrected chi connectivity index (χ2v) is 5.21. The quantitative estimate of drug-likeness (QED) is 0.584. The van der Waals surface area contributed by atoms with Gasteiger partial charge in [-0.3, -0.25) is 15.1 Å². The number of fused-ring (bicyclic) bond motifs is 1. The number of nitrogens with zero attached hydrogens (tertiary/aromatic N) is 2. The van der Waals surface area contributed by atoms with Crippen LogP contribution in [0, 0.1) is 10.1 Å². The summed E-state index contributed by atoms with van der Waals surface area (Å²) in [5.41, 5.74) is 2.75. The van der Waals surface area contributed by atoms with Gasteiger partial charge < -0.3 is 5.32 Å². The lowest BCUT2D eigenvalue weighted by atomic mass is 10.2. The van der Waals surface area contributed by atoms with Gasteiger partial charge in [0.2, 0.25) is 0 Å². The highest BCUT2D eigenvalue weighted by Crippen LogP contribution is 2.23. The predicted molar refractivity (Wildman–Crippen MR) is 80.0 cm³/mol. The standard InChI is InChI=1S/C14H11N3O2S/c18-17(19)14-5-10(9-20-14)7-15-12-6-11-3-1-2-4-13(11)16-8-12/h1-6,8-9,15H,7H2. The molecule has 0 saturated carbocycles. The van der Waals surface area contributed by atoms with Gasteiger partial charge in [-0.15, -0.1) is 0 Å². The summed E-state index contributed by atoms with van der Waals surface area (Å²) in [6.07, 6.45) is 1.77. The summed E-state index contributed by atoms with van der Waals surface area (Å²) in [6.45, 7) is 0.546. The molecular formula is C14H11N3O2S. The zero-order valence-electron chi connectivity index (χ0n) is 10.4. The van der Waals surface area contributed by atoms with Crippen LogP contribution in [0.15, 0.2) is 48.0 Å².